The van der Waals surface area contributed by atoms with Crippen LogP contribution < -0.4 is 0 Å². The first-order valence-corrected chi connectivity index (χ1v) is 8.69. The van der Waals surface area contributed by atoms with Crippen molar-refractivity contribution in [2.45, 2.75) is 37.2 Å². The maximum atomic E-state index is 12.1. The maximum Gasteiger partial charge on any atom is 0.157 e. The summed E-state index contributed by atoms with van der Waals surface area (Å²) in [5.74, 6) is 0.180. The Morgan fingerprint density at radius 2 is 2.00 bits per heavy atom. The summed E-state index contributed by atoms with van der Waals surface area (Å²) in [6.07, 6.45) is 0.288. The maximum absolute atomic E-state index is 12.1. The minimum Gasteiger partial charge on any atom is -0.387 e. The summed E-state index contributed by atoms with van der Waals surface area (Å²) in [6, 6.07) is 7.94. The number of benzene rings is 1. The number of aliphatic hydroxyl groups is 1. The van der Waals surface area contributed by atoms with E-state index in [2.05, 4.69) is 4.90 Å². The molecule has 0 bridgehead atoms. The molecule has 0 saturated carbocycles. The van der Waals surface area contributed by atoms with Gasteiger partial charge < -0.3 is 5.11 Å². The Kier molecular flexibility index (Phi) is 3.19. The molecule has 0 amide bonds. The van der Waals surface area contributed by atoms with Crippen molar-refractivity contribution in [3.05, 3.63) is 35.4 Å². The van der Waals surface area contributed by atoms with E-state index in [0.29, 0.717) is 13.1 Å². The van der Waals surface area contributed by atoms with Crippen LogP contribution in [-0.4, -0.2) is 48.1 Å². The van der Waals surface area contributed by atoms with E-state index in [1.165, 1.54) is 5.56 Å². The minimum absolute atomic E-state index is 0.00201. The van der Waals surface area contributed by atoms with E-state index >= 15 is 0 Å². The zero-order valence-electron chi connectivity index (χ0n) is 11.9. The summed E-state index contributed by atoms with van der Waals surface area (Å²) in [6.45, 7) is 4.57. The van der Waals surface area contributed by atoms with Crippen LogP contribution in [0.15, 0.2) is 24.3 Å². The summed E-state index contributed by atoms with van der Waals surface area (Å²) in [7, 11) is -3.03. The molecule has 1 N–H and O–H groups in total. The van der Waals surface area contributed by atoms with Gasteiger partial charge in [0, 0.05) is 19.1 Å². The van der Waals surface area contributed by atoms with E-state index in [9.17, 15) is 13.5 Å². The second kappa shape index (κ2) is 4.55. The van der Waals surface area contributed by atoms with Gasteiger partial charge in [-0.05, 0) is 31.4 Å². The molecular weight excluding hydrogens is 274 g/mol. The number of fused-ring (bicyclic) bond motifs is 1. The summed E-state index contributed by atoms with van der Waals surface area (Å²) in [4.78, 5) is 2.14. The average molecular weight is 295 g/mol. The fraction of sp³-hybridized carbons (Fsp3) is 0.600. The molecular formula is C15H21NO3S. The van der Waals surface area contributed by atoms with Crippen LogP contribution in [0.1, 0.15) is 31.1 Å². The average Bonchev–Trinajstić information content (AvgIpc) is 2.71. The Bertz CT molecular complexity index is 624. The van der Waals surface area contributed by atoms with E-state index in [-0.39, 0.29) is 11.8 Å². The van der Waals surface area contributed by atoms with Crippen LogP contribution in [0.4, 0.5) is 0 Å². The van der Waals surface area contributed by atoms with Crippen molar-refractivity contribution in [1.82, 2.24) is 4.90 Å². The van der Waals surface area contributed by atoms with Gasteiger partial charge in [0.1, 0.15) is 0 Å². The molecule has 2 atom stereocenters. The number of sulfone groups is 1. The van der Waals surface area contributed by atoms with Crippen molar-refractivity contribution < 1.29 is 13.5 Å². The van der Waals surface area contributed by atoms with Crippen LogP contribution in [0.5, 0.6) is 0 Å². The van der Waals surface area contributed by atoms with Crippen molar-refractivity contribution in [3.63, 3.8) is 0 Å². The lowest BCUT2D eigenvalue weighted by Gasteiger charge is -2.41. The Morgan fingerprint density at radius 1 is 1.30 bits per heavy atom. The standard InChI is InChI=1S/C15H21NO3S/c1-15(2)10-16(7-8-20(15,18)19)13-9-11-5-3-4-6-12(11)14(13)17/h3-6,13-14,17H,7-10H2,1-2H3. The normalized spacial score (nSPS) is 31.9. The Labute approximate surface area is 120 Å². The molecule has 110 valence electrons. The lowest BCUT2D eigenvalue weighted by molar-refractivity contribution is 0.0561. The van der Waals surface area contributed by atoms with Crippen LogP contribution in [0.3, 0.4) is 0 Å². The summed E-state index contributed by atoms with van der Waals surface area (Å²) < 4.78 is 23.4. The van der Waals surface area contributed by atoms with Crippen molar-refractivity contribution in [3.8, 4) is 0 Å². The molecule has 1 heterocycles. The van der Waals surface area contributed by atoms with Crippen LogP contribution >= 0.6 is 0 Å². The summed E-state index contributed by atoms with van der Waals surface area (Å²) in [5.41, 5.74) is 2.17. The second-order valence-electron chi connectivity index (χ2n) is 6.46. The van der Waals surface area contributed by atoms with E-state index in [1.807, 2.05) is 24.3 Å². The third kappa shape index (κ3) is 2.08. The molecule has 0 radical (unpaired) electrons. The van der Waals surface area contributed by atoms with Crippen LogP contribution in [0.25, 0.3) is 0 Å². The topological polar surface area (TPSA) is 57.6 Å². The lowest BCUT2D eigenvalue weighted by Crippen LogP contribution is -2.56. The molecule has 2 unspecified atom stereocenters. The first-order chi connectivity index (χ1) is 9.32. The molecule has 4 nitrogen and oxygen atoms in total. The fourth-order valence-electron chi connectivity index (χ4n) is 3.34. The Balaban J connectivity index is 1.83. The van der Waals surface area contributed by atoms with Crippen LogP contribution in [0.2, 0.25) is 0 Å². The highest BCUT2D eigenvalue weighted by Gasteiger charge is 2.45. The second-order valence-corrected chi connectivity index (χ2v) is 9.21. The van der Waals surface area contributed by atoms with E-state index in [1.54, 1.807) is 13.8 Å². The molecule has 0 spiro atoms. The molecule has 3 rings (SSSR count). The summed E-state index contributed by atoms with van der Waals surface area (Å²) in [5, 5.41) is 10.5. The predicted molar refractivity (Wildman–Crippen MR) is 78.3 cm³/mol. The Hall–Kier alpha value is -0.910. The number of nitrogens with zero attached hydrogens (tertiary/aromatic N) is 1. The smallest absolute Gasteiger partial charge is 0.157 e. The molecule has 1 fully saturated rings. The molecule has 1 aliphatic heterocycles. The van der Waals surface area contributed by atoms with Gasteiger partial charge in [-0.15, -0.1) is 0 Å². The zero-order valence-corrected chi connectivity index (χ0v) is 12.7. The van der Waals surface area contributed by atoms with Crippen LogP contribution in [-0.2, 0) is 16.3 Å². The third-order valence-electron chi connectivity index (χ3n) is 4.71. The van der Waals surface area contributed by atoms with Gasteiger partial charge >= 0.3 is 0 Å². The van der Waals surface area contributed by atoms with Crippen molar-refractivity contribution in [1.29, 1.82) is 0 Å². The number of hydrogen-bond acceptors (Lipinski definition) is 4. The largest absolute Gasteiger partial charge is 0.387 e. The first kappa shape index (κ1) is 14.0. The van der Waals surface area contributed by atoms with E-state index in [4.69, 9.17) is 0 Å². The predicted octanol–water partition coefficient (Wildman–Crippen LogP) is 1.15. The van der Waals surface area contributed by atoms with Gasteiger partial charge in [0.05, 0.1) is 16.6 Å². The van der Waals surface area contributed by atoms with Crippen molar-refractivity contribution >= 4 is 9.84 Å². The monoisotopic (exact) mass is 295 g/mol. The van der Waals surface area contributed by atoms with Gasteiger partial charge in [0.15, 0.2) is 9.84 Å². The van der Waals surface area contributed by atoms with E-state index < -0.39 is 20.7 Å². The molecule has 20 heavy (non-hydrogen) atoms. The van der Waals surface area contributed by atoms with Crippen molar-refractivity contribution in [2.75, 3.05) is 18.8 Å². The SMILES string of the molecule is CC1(C)CN(C2Cc3ccccc3C2O)CCS1(=O)=O. The van der Waals surface area contributed by atoms with Crippen molar-refractivity contribution in [2.24, 2.45) is 0 Å². The molecule has 2 aliphatic rings. The van der Waals surface area contributed by atoms with Crippen LogP contribution in [0, 0.1) is 0 Å². The molecule has 1 aromatic rings. The lowest BCUT2D eigenvalue weighted by atomic mass is 10.1. The number of rotatable bonds is 1. The molecule has 1 saturated heterocycles. The highest BCUT2D eigenvalue weighted by Crippen LogP contribution is 2.36. The zero-order chi connectivity index (χ0) is 14.5. The molecule has 1 aliphatic carbocycles. The van der Waals surface area contributed by atoms with Gasteiger partial charge in [-0.2, -0.15) is 0 Å². The molecule has 0 aromatic heterocycles. The van der Waals surface area contributed by atoms with E-state index in [0.717, 1.165) is 12.0 Å². The Morgan fingerprint density at radius 3 is 2.65 bits per heavy atom. The number of hydrogen-bond donors (Lipinski definition) is 1. The minimum atomic E-state index is -3.03. The highest BCUT2D eigenvalue weighted by molar-refractivity contribution is 7.92. The molecule has 1 aromatic carbocycles. The van der Waals surface area contributed by atoms with Gasteiger partial charge in [-0.3, -0.25) is 4.90 Å². The number of aliphatic hydroxyl groups excluding tert-OH is 1. The quantitative estimate of drug-likeness (QED) is 0.844. The van der Waals surface area contributed by atoms with Gasteiger partial charge in [0.2, 0.25) is 0 Å². The summed E-state index contributed by atoms with van der Waals surface area (Å²) >= 11 is 0. The van der Waals surface area contributed by atoms with Gasteiger partial charge in [0.25, 0.3) is 0 Å². The van der Waals surface area contributed by atoms with Gasteiger partial charge in [-0.1, -0.05) is 24.3 Å². The third-order valence-corrected chi connectivity index (χ3v) is 7.24. The van der Waals surface area contributed by atoms with Gasteiger partial charge in [-0.25, -0.2) is 8.42 Å². The first-order valence-electron chi connectivity index (χ1n) is 7.04. The molecule has 5 heteroatoms. The fourth-order valence-corrected chi connectivity index (χ4v) is 4.73. The highest BCUT2D eigenvalue weighted by atomic mass is 32.2.